The zero-order valence-corrected chi connectivity index (χ0v) is 24.6. The van der Waals surface area contributed by atoms with E-state index in [2.05, 4.69) is 39.5 Å². The molecule has 38 heavy (non-hydrogen) atoms. The Kier molecular flexibility index (Phi) is 12.7. The summed E-state index contributed by atoms with van der Waals surface area (Å²) in [5.74, 6) is 0.514. The minimum absolute atomic E-state index is 0.00506. The summed E-state index contributed by atoms with van der Waals surface area (Å²) in [6, 6.07) is 3.82. The maximum atomic E-state index is 12.3. The predicted octanol–water partition coefficient (Wildman–Crippen LogP) is 5.78. The van der Waals surface area contributed by atoms with Gasteiger partial charge in [0.2, 0.25) is 19.0 Å². The molecule has 2 aliphatic heterocycles. The van der Waals surface area contributed by atoms with Crippen LogP contribution in [0.2, 0.25) is 0 Å². The van der Waals surface area contributed by atoms with Gasteiger partial charge in [-0.15, -0.1) is 0 Å². The molecule has 0 aromatic heterocycles. The van der Waals surface area contributed by atoms with Crippen molar-refractivity contribution < 1.29 is 28.9 Å². The summed E-state index contributed by atoms with van der Waals surface area (Å²) in [5.41, 5.74) is 1.05. The van der Waals surface area contributed by atoms with Crippen LogP contribution in [0.25, 0.3) is 0 Å². The lowest BCUT2D eigenvalue weighted by atomic mass is 9.76. The second-order valence-corrected chi connectivity index (χ2v) is 11.4. The minimum Gasteiger partial charge on any atom is -0.493 e. The summed E-state index contributed by atoms with van der Waals surface area (Å²) in [5, 5.41) is 10.1. The molecule has 0 bridgehead atoms. The molecule has 1 aromatic rings. The van der Waals surface area contributed by atoms with E-state index in [0.717, 1.165) is 70.0 Å². The largest absolute Gasteiger partial charge is 0.493 e. The summed E-state index contributed by atoms with van der Waals surface area (Å²) in [6.45, 7) is 13.7. The van der Waals surface area contributed by atoms with Gasteiger partial charge in [0.25, 0.3) is 0 Å². The Bertz CT molecular complexity index is 882. The van der Waals surface area contributed by atoms with Gasteiger partial charge >= 0.3 is 5.97 Å². The number of carboxylic acid groups (broad SMARTS) is 1. The molecule has 0 spiro atoms. The lowest BCUT2D eigenvalue weighted by Gasteiger charge is -2.33. The fraction of sp³-hybridized carbons (Fsp3) is 0.733. The van der Waals surface area contributed by atoms with Gasteiger partial charge in [-0.05, 0) is 55.8 Å². The van der Waals surface area contributed by atoms with E-state index in [1.54, 1.807) is 7.11 Å². The average molecular weight is 535 g/mol. The van der Waals surface area contributed by atoms with Crippen molar-refractivity contribution in [3.63, 3.8) is 0 Å². The Morgan fingerprint density at radius 1 is 1.16 bits per heavy atom. The second-order valence-electron chi connectivity index (χ2n) is 11.4. The second kappa shape index (κ2) is 15.2. The van der Waals surface area contributed by atoms with Crippen molar-refractivity contribution in [1.82, 2.24) is 9.80 Å². The van der Waals surface area contributed by atoms with E-state index in [4.69, 9.17) is 14.2 Å². The van der Waals surface area contributed by atoms with Gasteiger partial charge in [0.15, 0.2) is 11.5 Å². The highest BCUT2D eigenvalue weighted by atomic mass is 16.7. The molecule has 3 rings (SSSR count). The molecule has 1 fully saturated rings. The number of ether oxygens (including phenoxy) is 3. The molecule has 216 valence electrons. The maximum absolute atomic E-state index is 12.3. The number of rotatable bonds is 14. The van der Waals surface area contributed by atoms with Gasteiger partial charge in [-0.1, -0.05) is 53.9 Å². The molecule has 2 aliphatic rings. The maximum Gasteiger partial charge on any atom is 0.308 e. The Hall–Kier alpha value is -2.48. The van der Waals surface area contributed by atoms with E-state index in [9.17, 15) is 14.7 Å². The number of carbonyl (C=O) groups excluding carboxylic acids is 1. The number of hydrogen-bond donors (Lipinski definition) is 1. The zero-order chi connectivity index (χ0) is 28.3. The molecule has 0 saturated carbocycles. The number of nitrogens with zero attached hydrogens (tertiary/aromatic N) is 2. The lowest BCUT2D eigenvalue weighted by molar-refractivity contribution is -0.143. The first-order valence-electron chi connectivity index (χ1n) is 14.2. The van der Waals surface area contributed by atoms with Gasteiger partial charge in [0, 0.05) is 31.6 Å². The molecule has 2 heterocycles. The number of methoxy groups -OCH3 is 1. The molecular formula is C30H50N2O6. The third-order valence-corrected chi connectivity index (χ3v) is 7.73. The number of carbonyl (C=O) groups is 2. The summed E-state index contributed by atoms with van der Waals surface area (Å²) >= 11 is 0. The SMILES string of the molecule is CCCC(C)(C)C[C@H]1[C@H](C(=O)O)[C@@H](c2cc(OC)c3c(c2)OCO3)CN1C.CCCCN(C=O)CCCC. The van der Waals surface area contributed by atoms with Crippen LogP contribution in [0.1, 0.15) is 91.0 Å². The first kappa shape index (κ1) is 31.7. The number of carboxylic acids is 1. The van der Waals surface area contributed by atoms with E-state index in [-0.39, 0.29) is 24.2 Å². The Balaban J connectivity index is 0.000000391. The number of unbranched alkanes of at least 4 members (excludes halogenated alkanes) is 2. The van der Waals surface area contributed by atoms with E-state index >= 15 is 0 Å². The molecule has 0 aliphatic carbocycles. The summed E-state index contributed by atoms with van der Waals surface area (Å²) < 4.78 is 16.5. The number of hydrogen-bond acceptors (Lipinski definition) is 6. The highest BCUT2D eigenvalue weighted by molar-refractivity contribution is 5.73. The number of aliphatic carboxylic acids is 1. The molecule has 3 atom stereocenters. The Morgan fingerprint density at radius 2 is 1.82 bits per heavy atom. The van der Waals surface area contributed by atoms with E-state index in [1.165, 1.54) is 0 Å². The van der Waals surface area contributed by atoms with Crippen LogP contribution in [0.5, 0.6) is 17.2 Å². The molecule has 0 radical (unpaired) electrons. The average Bonchev–Trinajstić information content (AvgIpc) is 3.48. The van der Waals surface area contributed by atoms with Crippen LogP contribution in [0.15, 0.2) is 12.1 Å². The van der Waals surface area contributed by atoms with Crippen molar-refractivity contribution in [3.8, 4) is 17.2 Å². The molecule has 8 nitrogen and oxygen atoms in total. The fourth-order valence-corrected chi connectivity index (χ4v) is 5.68. The van der Waals surface area contributed by atoms with Crippen LogP contribution in [-0.2, 0) is 9.59 Å². The van der Waals surface area contributed by atoms with Crippen molar-refractivity contribution in [2.24, 2.45) is 11.3 Å². The number of benzene rings is 1. The molecular weight excluding hydrogens is 484 g/mol. The van der Waals surface area contributed by atoms with Gasteiger partial charge in [-0.25, -0.2) is 0 Å². The molecule has 1 saturated heterocycles. The Morgan fingerprint density at radius 3 is 2.34 bits per heavy atom. The van der Waals surface area contributed by atoms with Gasteiger partial charge in [0.05, 0.1) is 13.0 Å². The Labute approximate surface area is 229 Å². The van der Waals surface area contributed by atoms with Gasteiger partial charge in [-0.3, -0.25) is 9.59 Å². The topological polar surface area (TPSA) is 88.5 Å². The number of fused-ring (bicyclic) bond motifs is 1. The third kappa shape index (κ3) is 8.52. The molecule has 1 amide bonds. The molecule has 0 unspecified atom stereocenters. The van der Waals surface area contributed by atoms with Gasteiger partial charge in [0.1, 0.15) is 0 Å². The van der Waals surface area contributed by atoms with E-state index in [0.29, 0.717) is 23.8 Å². The van der Waals surface area contributed by atoms with Crippen LogP contribution in [0, 0.1) is 11.3 Å². The minimum atomic E-state index is -0.738. The first-order chi connectivity index (χ1) is 18.1. The van der Waals surface area contributed by atoms with Crippen molar-refractivity contribution in [1.29, 1.82) is 0 Å². The third-order valence-electron chi connectivity index (χ3n) is 7.73. The molecule has 1 aromatic carbocycles. The van der Waals surface area contributed by atoms with Crippen LogP contribution < -0.4 is 14.2 Å². The predicted molar refractivity (Wildman–Crippen MR) is 150 cm³/mol. The summed E-state index contributed by atoms with van der Waals surface area (Å²) in [4.78, 5) is 26.8. The summed E-state index contributed by atoms with van der Waals surface area (Å²) in [7, 11) is 3.62. The van der Waals surface area contributed by atoms with Crippen molar-refractivity contribution in [2.75, 3.05) is 40.6 Å². The highest BCUT2D eigenvalue weighted by Crippen LogP contribution is 2.48. The molecule has 1 N–H and O–H groups in total. The first-order valence-corrected chi connectivity index (χ1v) is 14.2. The van der Waals surface area contributed by atoms with E-state index in [1.807, 2.05) is 24.1 Å². The quantitative estimate of drug-likeness (QED) is 0.303. The normalized spacial score (nSPS) is 20.6. The van der Waals surface area contributed by atoms with Gasteiger partial charge in [-0.2, -0.15) is 0 Å². The monoisotopic (exact) mass is 534 g/mol. The van der Waals surface area contributed by atoms with Crippen molar-refractivity contribution in [2.45, 2.75) is 91.5 Å². The zero-order valence-electron chi connectivity index (χ0n) is 24.6. The van der Waals surface area contributed by atoms with Gasteiger partial charge < -0.3 is 29.1 Å². The van der Waals surface area contributed by atoms with Crippen LogP contribution in [-0.4, -0.2) is 73.9 Å². The van der Waals surface area contributed by atoms with Crippen LogP contribution in [0.3, 0.4) is 0 Å². The van der Waals surface area contributed by atoms with Crippen LogP contribution in [0.4, 0.5) is 0 Å². The highest BCUT2D eigenvalue weighted by Gasteiger charge is 2.47. The van der Waals surface area contributed by atoms with Crippen molar-refractivity contribution in [3.05, 3.63) is 17.7 Å². The molecule has 8 heteroatoms. The van der Waals surface area contributed by atoms with Crippen LogP contribution >= 0.6 is 0 Å². The number of likely N-dealkylation sites (tertiary alicyclic amines) is 1. The number of amides is 1. The fourth-order valence-electron chi connectivity index (χ4n) is 5.68. The number of likely N-dealkylation sites (N-methyl/N-ethyl adjacent to an activating group) is 1. The van der Waals surface area contributed by atoms with E-state index < -0.39 is 11.9 Å². The smallest absolute Gasteiger partial charge is 0.308 e. The lowest BCUT2D eigenvalue weighted by Crippen LogP contribution is -2.37. The summed E-state index contributed by atoms with van der Waals surface area (Å²) in [6.07, 6.45) is 8.60. The van der Waals surface area contributed by atoms with Crippen molar-refractivity contribution >= 4 is 12.4 Å². The standard InChI is InChI=1S/C21H31NO5.C9H19NO/c1-6-7-21(2,3)10-15-18(20(23)24)14(11-22(15)4)13-8-16(25-5)19-17(9-13)26-12-27-19;1-3-5-7-10(9-11)8-6-4-2/h8-9,14-15,18H,6-7,10-12H2,1-5H3,(H,23,24);9H,3-8H2,1-2H3/t14-,15+,18-;/m1./s1.